The lowest BCUT2D eigenvalue weighted by atomic mass is 10.1. The molecule has 2 aromatic rings. The molecule has 36 heavy (non-hydrogen) atoms. The number of esters is 1. The first-order valence-corrected chi connectivity index (χ1v) is 14.8. The molecule has 0 fully saturated rings. The fourth-order valence-corrected chi connectivity index (χ4v) is 6.21. The van der Waals surface area contributed by atoms with Gasteiger partial charge < -0.3 is 14.4 Å². The molecule has 1 unspecified atom stereocenters. The van der Waals surface area contributed by atoms with Crippen molar-refractivity contribution in [3.63, 3.8) is 0 Å². The molecule has 0 saturated carbocycles. The van der Waals surface area contributed by atoms with Crippen LogP contribution in [0.5, 0.6) is 5.75 Å². The molecule has 0 amide bonds. The Balaban J connectivity index is 2.06. The fourth-order valence-electron chi connectivity index (χ4n) is 4.06. The van der Waals surface area contributed by atoms with Gasteiger partial charge in [0, 0.05) is 31.4 Å². The highest BCUT2D eigenvalue weighted by Gasteiger charge is 2.37. The Hall–Kier alpha value is -2.17. The van der Waals surface area contributed by atoms with Gasteiger partial charge in [-0.2, -0.15) is 0 Å². The number of anilines is 2. The molecule has 0 saturated heterocycles. The van der Waals surface area contributed by atoms with E-state index in [-0.39, 0.29) is 6.04 Å². The minimum atomic E-state index is -3.30. The highest BCUT2D eigenvalue weighted by Crippen LogP contribution is 2.60. The number of unbranched alkanes of at least 4 members (excludes halogenated alkanes) is 1. The number of hydrogen-bond donors (Lipinski definition) is 2. The van der Waals surface area contributed by atoms with Crippen molar-refractivity contribution in [3.05, 3.63) is 54.8 Å². The normalized spacial score (nSPS) is 19.0. The second-order valence-corrected chi connectivity index (χ2v) is 12.6. The first-order chi connectivity index (χ1) is 17.0. The van der Waals surface area contributed by atoms with Gasteiger partial charge in [-0.25, -0.2) is 9.10 Å². The molecular formula is C27H38N2O5S2. The smallest absolute Gasteiger partial charge is 0.334 e. The summed E-state index contributed by atoms with van der Waals surface area (Å²) in [7, 11) is -1.53. The van der Waals surface area contributed by atoms with Gasteiger partial charge in [-0.1, -0.05) is 38.0 Å². The Bertz CT molecular complexity index is 1070. The molecule has 9 heteroatoms. The van der Waals surface area contributed by atoms with Gasteiger partial charge in [0.15, 0.2) is 0 Å². The van der Waals surface area contributed by atoms with Crippen LogP contribution in [-0.4, -0.2) is 50.9 Å². The van der Waals surface area contributed by atoms with Crippen LogP contribution in [-0.2, 0) is 9.53 Å². The number of hydrogen-bond acceptors (Lipinski definition) is 8. The second-order valence-electron chi connectivity index (χ2n) is 9.73. The lowest BCUT2D eigenvalue weighted by molar-refractivity contribution is -0.148. The Kier molecular flexibility index (Phi) is 9.40. The third kappa shape index (κ3) is 6.77. The number of thioether (sulfide) groups is 1. The maximum absolute atomic E-state index is 12.1. The van der Waals surface area contributed by atoms with Crippen LogP contribution in [0.25, 0.3) is 0 Å². The lowest BCUT2D eigenvalue weighted by Crippen LogP contribution is -2.39. The van der Waals surface area contributed by atoms with Crippen molar-refractivity contribution in [2.75, 3.05) is 24.7 Å². The number of para-hydroxylation sites is 1. The lowest BCUT2D eigenvalue weighted by Gasteiger charge is -2.43. The number of carbonyl (C=O) groups excluding carboxylic acids is 1. The molecule has 1 aliphatic rings. The quantitative estimate of drug-likeness (QED) is 0.158. The van der Waals surface area contributed by atoms with Gasteiger partial charge >= 0.3 is 5.97 Å². The van der Waals surface area contributed by atoms with Crippen molar-refractivity contribution >= 4 is 39.9 Å². The number of ether oxygens (including phenoxy) is 2. The maximum atomic E-state index is 12.1. The van der Waals surface area contributed by atoms with Gasteiger partial charge in [0.2, 0.25) is 0 Å². The largest absolute Gasteiger partial charge is 0.463 e. The molecule has 0 spiro atoms. The molecule has 1 atom stereocenters. The van der Waals surface area contributed by atoms with Crippen molar-refractivity contribution in [2.24, 2.45) is 0 Å². The number of carbonyl (C=O) groups is 1. The minimum absolute atomic E-state index is 0.0586. The van der Waals surface area contributed by atoms with E-state index in [1.807, 2.05) is 42.7 Å². The molecule has 0 aliphatic carbocycles. The van der Waals surface area contributed by atoms with E-state index in [9.17, 15) is 13.9 Å². The van der Waals surface area contributed by atoms with Crippen molar-refractivity contribution < 1.29 is 23.4 Å². The van der Waals surface area contributed by atoms with Crippen molar-refractivity contribution in [1.82, 2.24) is 4.31 Å². The second kappa shape index (κ2) is 11.9. The topological polar surface area (TPSA) is 82.5 Å². The third-order valence-electron chi connectivity index (χ3n) is 5.90. The molecule has 1 heterocycles. The average Bonchev–Trinajstić information content (AvgIpc) is 2.90. The number of rotatable bonds is 8. The van der Waals surface area contributed by atoms with Crippen LogP contribution in [0, 0.1) is 0 Å². The Morgan fingerprint density at radius 2 is 1.92 bits per heavy atom. The highest BCUT2D eigenvalue weighted by atomic mass is 32.3. The summed E-state index contributed by atoms with van der Waals surface area (Å²) in [6, 6.07) is 13.6. The number of fused-ring (bicyclic) bond motifs is 1. The fraction of sp³-hybridized carbons (Fsp3) is 0.444. The van der Waals surface area contributed by atoms with Gasteiger partial charge in [0.05, 0.1) is 22.9 Å². The molecule has 198 valence electrons. The van der Waals surface area contributed by atoms with Gasteiger partial charge in [-0.15, -0.1) is 22.5 Å². The molecule has 0 aromatic heterocycles. The van der Waals surface area contributed by atoms with E-state index >= 15 is 0 Å². The van der Waals surface area contributed by atoms with Crippen LogP contribution in [0.4, 0.5) is 11.4 Å². The first kappa shape index (κ1) is 28.4. The van der Waals surface area contributed by atoms with E-state index in [4.69, 9.17) is 9.47 Å². The summed E-state index contributed by atoms with van der Waals surface area (Å²) in [4.78, 5) is 15.4. The van der Waals surface area contributed by atoms with Crippen LogP contribution in [0.3, 0.4) is 0 Å². The molecule has 3 rings (SSSR count). The summed E-state index contributed by atoms with van der Waals surface area (Å²) in [5.74, 6) is -0.0737. The van der Waals surface area contributed by atoms with E-state index < -0.39 is 22.3 Å². The van der Waals surface area contributed by atoms with Crippen LogP contribution < -0.4 is 9.64 Å². The summed E-state index contributed by atoms with van der Waals surface area (Å²) in [6.45, 7) is 8.15. The first-order valence-electron chi connectivity index (χ1n) is 12.1. The van der Waals surface area contributed by atoms with Gasteiger partial charge in [-0.05, 0) is 51.6 Å². The van der Waals surface area contributed by atoms with Crippen LogP contribution >= 0.6 is 22.5 Å². The number of benzene rings is 2. The maximum Gasteiger partial charge on any atom is 0.334 e. The van der Waals surface area contributed by atoms with Crippen LogP contribution in [0.15, 0.2) is 64.6 Å². The summed E-state index contributed by atoms with van der Waals surface area (Å²) in [5, 5.41) is 0. The predicted molar refractivity (Wildman–Crippen MR) is 149 cm³/mol. The van der Waals surface area contributed by atoms with Crippen molar-refractivity contribution in [3.8, 4) is 5.75 Å². The zero-order valence-corrected chi connectivity index (χ0v) is 23.6. The van der Waals surface area contributed by atoms with E-state index in [0.717, 1.165) is 35.5 Å². The Morgan fingerprint density at radius 3 is 2.53 bits per heavy atom. The zero-order valence-electron chi connectivity index (χ0n) is 21.9. The van der Waals surface area contributed by atoms with E-state index in [1.54, 1.807) is 38.2 Å². The zero-order chi connectivity index (χ0) is 26.5. The summed E-state index contributed by atoms with van der Waals surface area (Å²) < 4.78 is 35.9. The van der Waals surface area contributed by atoms with Crippen molar-refractivity contribution in [1.29, 1.82) is 0 Å². The highest BCUT2D eigenvalue weighted by molar-refractivity contribution is 8.22. The van der Waals surface area contributed by atoms with Gasteiger partial charge in [-0.3, -0.25) is 9.11 Å². The van der Waals surface area contributed by atoms with Crippen molar-refractivity contribution in [2.45, 2.75) is 68.4 Å². The third-order valence-corrected chi connectivity index (χ3v) is 8.68. The predicted octanol–water partition coefficient (Wildman–Crippen LogP) is 7.31. The average molecular weight is 535 g/mol. The Morgan fingerprint density at radius 1 is 1.22 bits per heavy atom. The molecule has 7 nitrogen and oxygen atoms in total. The summed E-state index contributed by atoms with van der Waals surface area (Å²) in [6.07, 6.45) is 7.30. The molecule has 1 aliphatic heterocycles. The summed E-state index contributed by atoms with van der Waals surface area (Å²) in [5.41, 5.74) is 1.11. The number of likely N-dealkylation sites (N-methyl/N-ethyl adjacent to an activating group) is 1. The van der Waals surface area contributed by atoms with Crippen LogP contribution in [0.1, 0.15) is 47.0 Å². The molecule has 0 radical (unpaired) electrons. The van der Waals surface area contributed by atoms with Gasteiger partial charge in [0.1, 0.15) is 16.2 Å². The molecular weight excluding hydrogens is 496 g/mol. The SMILES string of the molecule is CCCCC1CN(c2ccccc2)c2cc(SC)c(O/C=C/C(=O)OC(C)(C)C)cc2S(O)(O)N1C. The standard InChI is InChI=1S/C27H38N2O5S2/c1-7-8-12-21-19-29(20-13-10-9-11-14-20)22-17-24(35-6)23(18-25(22)36(31,32)28(21)5)33-16-15-26(30)34-27(2,3)4/h9-11,13-18,21,31-32H,7-8,12,19H2,1-6H3/b16-15+. The van der Waals surface area contributed by atoms with Crippen LogP contribution in [0.2, 0.25) is 0 Å². The molecule has 0 bridgehead atoms. The molecule has 2 N–H and O–H groups in total. The van der Waals surface area contributed by atoms with E-state index in [1.165, 1.54) is 24.1 Å². The van der Waals surface area contributed by atoms with E-state index in [2.05, 4.69) is 11.8 Å². The number of nitrogens with zero attached hydrogens (tertiary/aromatic N) is 2. The molecule has 2 aromatic carbocycles. The van der Waals surface area contributed by atoms with E-state index in [0.29, 0.717) is 17.2 Å². The monoisotopic (exact) mass is 534 g/mol. The minimum Gasteiger partial charge on any atom is -0.463 e. The Labute approximate surface area is 220 Å². The summed E-state index contributed by atoms with van der Waals surface area (Å²) >= 11 is 1.49. The van der Waals surface area contributed by atoms with Gasteiger partial charge in [0.25, 0.3) is 0 Å².